The van der Waals surface area contributed by atoms with Crippen molar-refractivity contribution in [3.63, 3.8) is 0 Å². The molecule has 1 aliphatic rings. The standard InChI is InChI=1S/C29H26ClN3O6/c1-3-4-16-39-29(37)19-8-7-9-21(17-19)33-27(35)24(30)25(28(33)36)31-20-14-12-18(13-15-20)26(34)32-22-10-5-6-11-23(22)38-2/h5-15,17,31H,3-4,16H2,1-2H3,(H,32,34). The molecule has 3 aromatic rings. The van der Waals surface area contributed by atoms with Crippen molar-refractivity contribution >= 4 is 52.4 Å². The zero-order valence-electron chi connectivity index (χ0n) is 21.3. The van der Waals surface area contributed by atoms with Gasteiger partial charge in [0.05, 0.1) is 30.7 Å². The van der Waals surface area contributed by atoms with E-state index >= 15 is 0 Å². The molecule has 0 aromatic heterocycles. The van der Waals surface area contributed by atoms with Crippen LogP contribution in [0, 0.1) is 0 Å². The number of hydrogen-bond donors (Lipinski definition) is 2. The van der Waals surface area contributed by atoms with Crippen molar-refractivity contribution in [1.29, 1.82) is 0 Å². The van der Waals surface area contributed by atoms with E-state index in [-0.39, 0.29) is 34.5 Å². The van der Waals surface area contributed by atoms with Gasteiger partial charge in [-0.15, -0.1) is 0 Å². The van der Waals surface area contributed by atoms with E-state index < -0.39 is 17.8 Å². The van der Waals surface area contributed by atoms with E-state index in [1.54, 1.807) is 60.7 Å². The summed E-state index contributed by atoms with van der Waals surface area (Å²) in [7, 11) is 1.51. The molecule has 0 atom stereocenters. The van der Waals surface area contributed by atoms with Crippen LogP contribution in [-0.2, 0) is 14.3 Å². The molecule has 0 saturated carbocycles. The Morgan fingerprint density at radius 2 is 1.67 bits per heavy atom. The van der Waals surface area contributed by atoms with Crippen LogP contribution >= 0.6 is 11.6 Å². The van der Waals surface area contributed by atoms with E-state index in [9.17, 15) is 19.2 Å². The number of amides is 3. The van der Waals surface area contributed by atoms with Gasteiger partial charge in [0, 0.05) is 11.3 Å². The Morgan fingerprint density at radius 1 is 0.923 bits per heavy atom. The molecule has 0 aliphatic carbocycles. The molecular weight excluding hydrogens is 522 g/mol. The van der Waals surface area contributed by atoms with Gasteiger partial charge < -0.3 is 20.1 Å². The van der Waals surface area contributed by atoms with Gasteiger partial charge in [-0.3, -0.25) is 14.4 Å². The average Bonchev–Trinajstić information content (AvgIpc) is 3.16. The summed E-state index contributed by atoms with van der Waals surface area (Å²) >= 11 is 6.24. The second-order valence-corrected chi connectivity index (χ2v) is 8.91. The Balaban J connectivity index is 1.46. The lowest BCUT2D eigenvalue weighted by Crippen LogP contribution is -2.32. The molecule has 0 unspecified atom stereocenters. The zero-order chi connectivity index (χ0) is 27.9. The Hall–Kier alpha value is -4.63. The average molecular weight is 548 g/mol. The highest BCUT2D eigenvalue weighted by molar-refractivity contribution is 6.53. The second-order valence-electron chi connectivity index (χ2n) is 8.53. The maximum atomic E-state index is 13.2. The van der Waals surface area contributed by atoms with E-state index in [1.165, 1.54) is 19.2 Å². The van der Waals surface area contributed by atoms with Gasteiger partial charge in [0.2, 0.25) is 0 Å². The number of methoxy groups -OCH3 is 1. The summed E-state index contributed by atoms with van der Waals surface area (Å²) in [4.78, 5) is 51.9. The molecule has 0 spiro atoms. The first-order valence-corrected chi connectivity index (χ1v) is 12.6. The van der Waals surface area contributed by atoms with Gasteiger partial charge in [0.1, 0.15) is 16.5 Å². The number of esters is 1. The normalized spacial score (nSPS) is 12.9. The Kier molecular flexibility index (Phi) is 8.63. The fraction of sp³-hybridized carbons (Fsp3) is 0.172. The summed E-state index contributed by atoms with van der Waals surface area (Å²) in [6.45, 7) is 2.26. The first-order valence-electron chi connectivity index (χ1n) is 12.2. The third-order valence-electron chi connectivity index (χ3n) is 5.87. The SMILES string of the molecule is CCCCOC(=O)c1cccc(N2C(=O)C(Cl)=C(Nc3ccc(C(=O)Nc4ccccc4OC)cc3)C2=O)c1. The van der Waals surface area contributed by atoms with E-state index in [0.717, 1.165) is 17.7 Å². The summed E-state index contributed by atoms with van der Waals surface area (Å²) in [5.41, 5.74) is 1.61. The minimum atomic E-state index is -0.728. The molecule has 2 N–H and O–H groups in total. The van der Waals surface area contributed by atoms with Gasteiger partial charge in [0.25, 0.3) is 17.7 Å². The van der Waals surface area contributed by atoms with Crippen molar-refractivity contribution in [2.24, 2.45) is 0 Å². The van der Waals surface area contributed by atoms with Crippen LogP contribution in [0.4, 0.5) is 17.1 Å². The number of nitrogens with one attached hydrogen (secondary N) is 2. The number of ether oxygens (including phenoxy) is 2. The maximum Gasteiger partial charge on any atom is 0.338 e. The van der Waals surface area contributed by atoms with Crippen LogP contribution in [0.5, 0.6) is 5.75 Å². The van der Waals surface area contributed by atoms with Crippen LogP contribution in [0.25, 0.3) is 0 Å². The molecular formula is C29H26ClN3O6. The fourth-order valence-corrected chi connectivity index (χ4v) is 4.01. The van der Waals surface area contributed by atoms with Crippen molar-refractivity contribution in [1.82, 2.24) is 0 Å². The number of carbonyl (C=O) groups excluding carboxylic acids is 4. The van der Waals surface area contributed by atoms with Gasteiger partial charge in [-0.25, -0.2) is 9.69 Å². The summed E-state index contributed by atoms with van der Waals surface area (Å²) in [5, 5.41) is 5.36. The van der Waals surface area contributed by atoms with Crippen LogP contribution in [0.2, 0.25) is 0 Å². The van der Waals surface area contributed by atoms with Gasteiger partial charge >= 0.3 is 5.97 Å². The Bertz CT molecular complexity index is 1450. The third kappa shape index (κ3) is 6.10. The predicted octanol–water partition coefficient (Wildman–Crippen LogP) is 5.34. The predicted molar refractivity (Wildman–Crippen MR) is 148 cm³/mol. The van der Waals surface area contributed by atoms with Gasteiger partial charge in [-0.05, 0) is 61.0 Å². The van der Waals surface area contributed by atoms with Crippen LogP contribution in [0.15, 0.2) is 83.5 Å². The summed E-state index contributed by atoms with van der Waals surface area (Å²) in [6, 6.07) is 19.4. The summed E-state index contributed by atoms with van der Waals surface area (Å²) in [5.74, 6) is -1.78. The quantitative estimate of drug-likeness (QED) is 0.200. The fourth-order valence-electron chi connectivity index (χ4n) is 3.80. The highest BCUT2D eigenvalue weighted by Gasteiger charge is 2.39. The first-order chi connectivity index (χ1) is 18.8. The molecule has 200 valence electrons. The topological polar surface area (TPSA) is 114 Å². The molecule has 3 amide bonds. The van der Waals surface area contributed by atoms with Crippen molar-refractivity contribution in [2.75, 3.05) is 29.3 Å². The van der Waals surface area contributed by atoms with E-state index in [2.05, 4.69) is 10.6 Å². The molecule has 39 heavy (non-hydrogen) atoms. The van der Waals surface area contributed by atoms with Gasteiger partial charge in [-0.1, -0.05) is 43.1 Å². The van der Waals surface area contributed by atoms with Crippen molar-refractivity contribution in [3.8, 4) is 5.75 Å². The molecule has 10 heteroatoms. The van der Waals surface area contributed by atoms with Gasteiger partial charge in [0.15, 0.2) is 0 Å². The molecule has 1 heterocycles. The lowest BCUT2D eigenvalue weighted by atomic mass is 10.1. The Labute approximate surface area is 230 Å². The third-order valence-corrected chi connectivity index (χ3v) is 6.22. The van der Waals surface area contributed by atoms with Gasteiger partial charge in [-0.2, -0.15) is 0 Å². The zero-order valence-corrected chi connectivity index (χ0v) is 22.1. The first kappa shape index (κ1) is 27.4. The number of halogens is 1. The molecule has 0 radical (unpaired) electrons. The summed E-state index contributed by atoms with van der Waals surface area (Å²) in [6.07, 6.45) is 1.61. The number of hydrogen-bond acceptors (Lipinski definition) is 7. The molecule has 3 aromatic carbocycles. The second kappa shape index (κ2) is 12.3. The number of imide groups is 1. The number of anilines is 3. The summed E-state index contributed by atoms with van der Waals surface area (Å²) < 4.78 is 10.5. The molecule has 1 aliphatic heterocycles. The lowest BCUT2D eigenvalue weighted by Gasteiger charge is -2.16. The highest BCUT2D eigenvalue weighted by Crippen LogP contribution is 2.31. The molecule has 0 fully saturated rings. The Morgan fingerprint density at radius 3 is 2.38 bits per heavy atom. The number of nitrogens with zero attached hydrogens (tertiary/aromatic N) is 1. The van der Waals surface area contributed by atoms with E-state index in [4.69, 9.17) is 21.1 Å². The minimum Gasteiger partial charge on any atom is -0.495 e. The number of unbranched alkanes of at least 4 members (excludes halogenated alkanes) is 1. The largest absolute Gasteiger partial charge is 0.495 e. The van der Waals surface area contributed by atoms with Crippen molar-refractivity contribution < 1.29 is 28.7 Å². The molecule has 0 bridgehead atoms. The van der Waals surface area contributed by atoms with Crippen molar-refractivity contribution in [2.45, 2.75) is 19.8 Å². The van der Waals surface area contributed by atoms with Crippen LogP contribution in [0.3, 0.4) is 0 Å². The van der Waals surface area contributed by atoms with Crippen LogP contribution < -0.4 is 20.3 Å². The number of benzene rings is 3. The number of para-hydroxylation sites is 2. The van der Waals surface area contributed by atoms with E-state index in [1.807, 2.05) is 6.92 Å². The number of carbonyl (C=O) groups is 4. The minimum absolute atomic E-state index is 0.121. The smallest absolute Gasteiger partial charge is 0.338 e. The van der Waals surface area contributed by atoms with E-state index in [0.29, 0.717) is 22.7 Å². The highest BCUT2D eigenvalue weighted by atomic mass is 35.5. The lowest BCUT2D eigenvalue weighted by molar-refractivity contribution is -0.120. The van der Waals surface area contributed by atoms with Crippen molar-refractivity contribution in [3.05, 3.63) is 94.7 Å². The van der Waals surface area contributed by atoms with Crippen LogP contribution in [-0.4, -0.2) is 37.4 Å². The number of rotatable bonds is 10. The monoisotopic (exact) mass is 547 g/mol. The molecule has 4 rings (SSSR count). The maximum absolute atomic E-state index is 13.2. The molecule has 9 nitrogen and oxygen atoms in total. The van der Waals surface area contributed by atoms with Crippen LogP contribution in [0.1, 0.15) is 40.5 Å². The molecule has 0 saturated heterocycles.